The summed E-state index contributed by atoms with van der Waals surface area (Å²) >= 11 is 0. The molecule has 1 fully saturated rings. The largest absolute Gasteiger partial charge is 0.495 e. The Bertz CT molecular complexity index is 405. The second-order valence-electron chi connectivity index (χ2n) is 4.76. The Hall–Kier alpha value is -1.17. The molecule has 106 valence electrons. The molecular weight excluding hydrogens is 244 g/mol. The average molecular weight is 266 g/mol. The summed E-state index contributed by atoms with van der Waals surface area (Å²) in [7, 11) is 5.36. The summed E-state index contributed by atoms with van der Waals surface area (Å²) in [5.74, 6) is 0.760. The molecule has 0 amide bonds. The van der Waals surface area contributed by atoms with E-state index in [0.29, 0.717) is 0 Å². The zero-order valence-corrected chi connectivity index (χ0v) is 11.8. The fourth-order valence-electron chi connectivity index (χ4n) is 2.77. The lowest BCUT2D eigenvalue weighted by molar-refractivity contribution is -0.110. The van der Waals surface area contributed by atoms with Crippen LogP contribution in [-0.2, 0) is 9.47 Å². The number of hydrogen-bond acceptors (Lipinski definition) is 5. The standard InChI is InChI=1S/C14H22N2O3/c1-15-13(11-8-12(17-2)10-16-9-11)14(18-3)4-6-19-7-5-14/h8-10,13,15H,4-7H2,1-3H3. The fraction of sp³-hybridized carbons (Fsp3) is 0.643. The predicted molar refractivity (Wildman–Crippen MR) is 72.4 cm³/mol. The number of nitrogens with zero attached hydrogens (tertiary/aromatic N) is 1. The van der Waals surface area contributed by atoms with Gasteiger partial charge in [-0.3, -0.25) is 4.98 Å². The molecule has 1 aromatic rings. The minimum atomic E-state index is -0.249. The quantitative estimate of drug-likeness (QED) is 0.876. The van der Waals surface area contributed by atoms with Gasteiger partial charge >= 0.3 is 0 Å². The van der Waals surface area contributed by atoms with Crippen molar-refractivity contribution in [1.29, 1.82) is 0 Å². The highest BCUT2D eigenvalue weighted by Gasteiger charge is 2.41. The van der Waals surface area contributed by atoms with E-state index in [0.717, 1.165) is 37.4 Å². The van der Waals surface area contributed by atoms with Gasteiger partial charge in [0.25, 0.3) is 0 Å². The van der Waals surface area contributed by atoms with Gasteiger partial charge in [0.05, 0.1) is 24.9 Å². The second-order valence-corrected chi connectivity index (χ2v) is 4.76. The molecule has 0 aromatic carbocycles. The topological polar surface area (TPSA) is 52.6 Å². The van der Waals surface area contributed by atoms with E-state index in [1.54, 1.807) is 20.4 Å². The fourth-order valence-corrected chi connectivity index (χ4v) is 2.77. The molecule has 19 heavy (non-hydrogen) atoms. The van der Waals surface area contributed by atoms with Crippen LogP contribution >= 0.6 is 0 Å². The minimum Gasteiger partial charge on any atom is -0.495 e. The molecule has 1 aromatic heterocycles. The molecule has 5 heteroatoms. The van der Waals surface area contributed by atoms with Gasteiger partial charge in [-0.15, -0.1) is 0 Å². The van der Waals surface area contributed by atoms with Gasteiger partial charge < -0.3 is 19.5 Å². The number of pyridine rings is 1. The van der Waals surface area contributed by atoms with Gasteiger partial charge in [-0.1, -0.05) is 0 Å². The lowest BCUT2D eigenvalue weighted by atomic mass is 9.82. The van der Waals surface area contributed by atoms with Crippen LogP contribution < -0.4 is 10.1 Å². The van der Waals surface area contributed by atoms with Crippen LogP contribution in [-0.4, -0.2) is 45.1 Å². The van der Waals surface area contributed by atoms with Crippen LogP contribution in [0.2, 0.25) is 0 Å². The molecule has 2 heterocycles. The molecule has 0 radical (unpaired) electrons. The summed E-state index contributed by atoms with van der Waals surface area (Å²) in [6.07, 6.45) is 5.30. The van der Waals surface area contributed by atoms with E-state index in [4.69, 9.17) is 14.2 Å². The van der Waals surface area contributed by atoms with E-state index in [1.807, 2.05) is 19.3 Å². The summed E-state index contributed by atoms with van der Waals surface area (Å²) < 4.78 is 16.6. The van der Waals surface area contributed by atoms with Crippen molar-refractivity contribution in [1.82, 2.24) is 10.3 Å². The molecule has 1 N–H and O–H groups in total. The normalized spacial score (nSPS) is 19.9. The second kappa shape index (κ2) is 6.32. The van der Waals surface area contributed by atoms with Crippen LogP contribution in [0.5, 0.6) is 5.75 Å². The summed E-state index contributed by atoms with van der Waals surface area (Å²) in [6, 6.07) is 2.08. The van der Waals surface area contributed by atoms with Crippen molar-refractivity contribution >= 4 is 0 Å². The summed E-state index contributed by atoms with van der Waals surface area (Å²) in [6.45, 7) is 1.45. The number of likely N-dealkylation sites (N-methyl/N-ethyl adjacent to an activating group) is 1. The molecule has 0 aliphatic carbocycles. The van der Waals surface area contributed by atoms with E-state index in [9.17, 15) is 0 Å². The molecule has 2 rings (SSSR count). The molecule has 1 saturated heterocycles. The average Bonchev–Trinajstić information content (AvgIpc) is 2.49. The maximum absolute atomic E-state index is 5.85. The Kier molecular flexibility index (Phi) is 4.74. The molecule has 0 bridgehead atoms. The first-order valence-corrected chi connectivity index (χ1v) is 6.55. The number of hydrogen-bond donors (Lipinski definition) is 1. The highest BCUT2D eigenvalue weighted by Crippen LogP contribution is 2.37. The highest BCUT2D eigenvalue weighted by molar-refractivity contribution is 5.28. The van der Waals surface area contributed by atoms with Crippen LogP contribution in [0.4, 0.5) is 0 Å². The van der Waals surface area contributed by atoms with Crippen molar-refractivity contribution in [3.05, 3.63) is 24.0 Å². The zero-order valence-electron chi connectivity index (χ0n) is 11.8. The van der Waals surface area contributed by atoms with Crippen molar-refractivity contribution in [3.63, 3.8) is 0 Å². The van der Waals surface area contributed by atoms with Crippen LogP contribution in [0.15, 0.2) is 18.5 Å². The first kappa shape index (κ1) is 14.2. The van der Waals surface area contributed by atoms with Gasteiger partial charge in [0.2, 0.25) is 0 Å². The lowest BCUT2D eigenvalue weighted by Crippen LogP contribution is -2.48. The molecule has 1 unspecified atom stereocenters. The van der Waals surface area contributed by atoms with Crippen molar-refractivity contribution in [3.8, 4) is 5.75 Å². The van der Waals surface area contributed by atoms with E-state index in [1.165, 1.54) is 0 Å². The Labute approximate surface area is 114 Å². The third-order valence-electron chi connectivity index (χ3n) is 3.86. The van der Waals surface area contributed by atoms with Crippen molar-refractivity contribution in [2.24, 2.45) is 0 Å². The monoisotopic (exact) mass is 266 g/mol. The van der Waals surface area contributed by atoms with Gasteiger partial charge in [-0.2, -0.15) is 0 Å². The smallest absolute Gasteiger partial charge is 0.137 e. The van der Waals surface area contributed by atoms with Gasteiger partial charge in [0.1, 0.15) is 5.75 Å². The van der Waals surface area contributed by atoms with Gasteiger partial charge in [-0.25, -0.2) is 0 Å². The Morgan fingerprint density at radius 3 is 2.63 bits per heavy atom. The van der Waals surface area contributed by atoms with Crippen LogP contribution in [0.25, 0.3) is 0 Å². The van der Waals surface area contributed by atoms with Crippen LogP contribution in [0.1, 0.15) is 24.4 Å². The highest BCUT2D eigenvalue weighted by atomic mass is 16.5. The minimum absolute atomic E-state index is 0.0731. The Morgan fingerprint density at radius 1 is 1.32 bits per heavy atom. The maximum atomic E-state index is 5.85. The summed E-state index contributed by atoms with van der Waals surface area (Å²) in [5, 5.41) is 3.36. The third-order valence-corrected chi connectivity index (χ3v) is 3.86. The molecule has 1 atom stereocenters. The van der Waals surface area contributed by atoms with Crippen LogP contribution in [0, 0.1) is 0 Å². The van der Waals surface area contributed by atoms with Crippen molar-refractivity contribution < 1.29 is 14.2 Å². The van der Waals surface area contributed by atoms with Crippen molar-refractivity contribution in [2.45, 2.75) is 24.5 Å². The summed E-state index contributed by atoms with van der Waals surface area (Å²) in [4.78, 5) is 4.23. The van der Waals surface area contributed by atoms with Gasteiger partial charge in [0.15, 0.2) is 0 Å². The SMILES string of the molecule is CNC(c1cncc(OC)c1)C1(OC)CCOCC1. The molecule has 1 aliphatic heterocycles. The summed E-state index contributed by atoms with van der Waals surface area (Å²) in [5.41, 5.74) is 0.826. The molecule has 0 spiro atoms. The number of rotatable bonds is 5. The lowest BCUT2D eigenvalue weighted by Gasteiger charge is -2.42. The third kappa shape index (κ3) is 2.88. The maximum Gasteiger partial charge on any atom is 0.137 e. The number of ether oxygens (including phenoxy) is 3. The number of aromatic nitrogens is 1. The predicted octanol–water partition coefficient (Wildman–Crippen LogP) is 1.55. The Morgan fingerprint density at radius 2 is 2.05 bits per heavy atom. The first-order valence-electron chi connectivity index (χ1n) is 6.55. The molecular formula is C14H22N2O3. The van der Waals surface area contributed by atoms with E-state index in [-0.39, 0.29) is 11.6 Å². The Balaban J connectivity index is 2.30. The first-order chi connectivity index (χ1) is 9.25. The van der Waals surface area contributed by atoms with Crippen molar-refractivity contribution in [2.75, 3.05) is 34.5 Å². The van der Waals surface area contributed by atoms with Gasteiger partial charge in [0, 0.05) is 39.4 Å². The van der Waals surface area contributed by atoms with Crippen LogP contribution in [0.3, 0.4) is 0 Å². The van der Waals surface area contributed by atoms with E-state index < -0.39 is 0 Å². The molecule has 0 saturated carbocycles. The molecule has 5 nitrogen and oxygen atoms in total. The van der Waals surface area contributed by atoms with E-state index >= 15 is 0 Å². The zero-order chi connectivity index (χ0) is 13.7. The number of nitrogens with one attached hydrogen (secondary N) is 1. The molecule has 1 aliphatic rings. The van der Waals surface area contributed by atoms with Gasteiger partial charge in [-0.05, 0) is 18.7 Å². The van der Waals surface area contributed by atoms with E-state index in [2.05, 4.69) is 10.3 Å². The number of methoxy groups -OCH3 is 2.